The van der Waals surface area contributed by atoms with Crippen LogP contribution < -0.4 is 15.4 Å². The molecule has 0 bridgehead atoms. The van der Waals surface area contributed by atoms with Crippen LogP contribution in [0.4, 0.5) is 28.8 Å². The molecule has 0 spiro atoms. The van der Waals surface area contributed by atoms with Gasteiger partial charge in [0.1, 0.15) is 23.3 Å². The lowest BCUT2D eigenvalue weighted by Gasteiger charge is -2.12. The summed E-state index contributed by atoms with van der Waals surface area (Å²) in [7, 11) is -3.77. The van der Waals surface area contributed by atoms with Crippen LogP contribution in [0.1, 0.15) is 17.0 Å². The second-order valence-electron chi connectivity index (χ2n) is 7.75. The van der Waals surface area contributed by atoms with Gasteiger partial charge in [-0.25, -0.2) is 23.4 Å². The first kappa shape index (κ1) is 23.5. The fourth-order valence-electron chi connectivity index (χ4n) is 3.27. The van der Waals surface area contributed by atoms with E-state index in [2.05, 4.69) is 30.3 Å². The quantitative estimate of drug-likeness (QED) is 0.300. The maximum absolute atomic E-state index is 12.8. The summed E-state index contributed by atoms with van der Waals surface area (Å²) in [4.78, 5) is 13.3. The molecule has 2 heterocycles. The number of anilines is 5. The number of halogens is 1. The van der Waals surface area contributed by atoms with E-state index in [0.29, 0.717) is 39.6 Å². The molecule has 174 valence electrons. The summed E-state index contributed by atoms with van der Waals surface area (Å²) in [6.45, 7) is 5.51. The van der Waals surface area contributed by atoms with Crippen LogP contribution in [0.25, 0.3) is 0 Å². The Morgan fingerprint density at radius 2 is 1.44 bits per heavy atom. The van der Waals surface area contributed by atoms with E-state index in [1.54, 1.807) is 62.5 Å². The molecule has 3 N–H and O–H groups in total. The Balaban J connectivity index is 1.48. The zero-order valence-electron chi connectivity index (χ0n) is 18.8. The highest BCUT2D eigenvalue weighted by Crippen LogP contribution is 2.25. The lowest BCUT2D eigenvalue weighted by Crippen LogP contribution is -2.14. The van der Waals surface area contributed by atoms with Crippen molar-refractivity contribution in [3.63, 3.8) is 0 Å². The maximum atomic E-state index is 12.8. The molecule has 4 rings (SSSR count). The van der Waals surface area contributed by atoms with Gasteiger partial charge in [0.25, 0.3) is 10.0 Å². The molecule has 8 nitrogen and oxygen atoms in total. The van der Waals surface area contributed by atoms with Crippen molar-refractivity contribution in [1.29, 1.82) is 0 Å². The molecule has 0 atom stereocenters. The van der Waals surface area contributed by atoms with Gasteiger partial charge < -0.3 is 10.6 Å². The van der Waals surface area contributed by atoms with Crippen LogP contribution in [0.3, 0.4) is 0 Å². The standard InChI is InChI=1S/C24H23ClN6O2S/c1-15-10-11-26-22(12-15)30-24-14-23(27-17(3)28-24)29-19-6-8-20(9-7-19)31-34(32,33)21-13-18(25)5-4-16(21)2/h4-14,31H,1-3H3,(H2,26,27,28,29,30). The SMILES string of the molecule is Cc1ccnc(Nc2cc(Nc3ccc(NS(=O)(=O)c4cc(Cl)ccc4C)cc3)nc(C)n2)c1. The molecule has 0 aliphatic carbocycles. The number of aromatic nitrogens is 3. The minimum atomic E-state index is -3.77. The first-order valence-corrected chi connectivity index (χ1v) is 12.3. The van der Waals surface area contributed by atoms with Crippen molar-refractivity contribution >= 4 is 50.5 Å². The summed E-state index contributed by atoms with van der Waals surface area (Å²) in [6.07, 6.45) is 1.73. The minimum Gasteiger partial charge on any atom is -0.340 e. The van der Waals surface area contributed by atoms with Crippen molar-refractivity contribution in [2.75, 3.05) is 15.4 Å². The van der Waals surface area contributed by atoms with Gasteiger partial charge in [0.05, 0.1) is 4.90 Å². The average molecular weight is 495 g/mol. The molecule has 0 unspecified atom stereocenters. The Hall–Kier alpha value is -3.69. The lowest BCUT2D eigenvalue weighted by molar-refractivity contribution is 0.600. The molecule has 0 saturated heterocycles. The number of sulfonamides is 1. The Kier molecular flexibility index (Phi) is 6.67. The third-order valence-corrected chi connectivity index (χ3v) is 6.62. The Morgan fingerprint density at radius 3 is 2.15 bits per heavy atom. The summed E-state index contributed by atoms with van der Waals surface area (Å²) in [6, 6.07) is 17.2. The van der Waals surface area contributed by atoms with Crippen molar-refractivity contribution in [2.45, 2.75) is 25.7 Å². The Labute approximate surface area is 203 Å². The van der Waals surface area contributed by atoms with Crippen LogP contribution in [-0.4, -0.2) is 23.4 Å². The highest BCUT2D eigenvalue weighted by molar-refractivity contribution is 7.92. The highest BCUT2D eigenvalue weighted by atomic mass is 35.5. The molecule has 34 heavy (non-hydrogen) atoms. The van der Waals surface area contributed by atoms with Crippen molar-refractivity contribution in [2.24, 2.45) is 0 Å². The smallest absolute Gasteiger partial charge is 0.262 e. The van der Waals surface area contributed by atoms with E-state index < -0.39 is 10.0 Å². The van der Waals surface area contributed by atoms with Gasteiger partial charge in [0.15, 0.2) is 0 Å². The summed E-state index contributed by atoms with van der Waals surface area (Å²) in [5.41, 5.74) is 2.86. The van der Waals surface area contributed by atoms with Crippen molar-refractivity contribution < 1.29 is 8.42 Å². The summed E-state index contributed by atoms with van der Waals surface area (Å²) >= 11 is 5.98. The topological polar surface area (TPSA) is 109 Å². The average Bonchev–Trinajstić information content (AvgIpc) is 2.76. The number of benzene rings is 2. The van der Waals surface area contributed by atoms with Gasteiger partial charge in [-0.15, -0.1) is 0 Å². The molecule has 2 aromatic heterocycles. The van der Waals surface area contributed by atoms with Gasteiger partial charge in [-0.05, 0) is 80.4 Å². The number of nitrogens with one attached hydrogen (secondary N) is 3. The predicted molar refractivity (Wildman–Crippen MR) is 136 cm³/mol. The second-order valence-corrected chi connectivity index (χ2v) is 9.83. The van der Waals surface area contributed by atoms with Crippen LogP contribution in [0.2, 0.25) is 5.02 Å². The first-order valence-electron chi connectivity index (χ1n) is 10.4. The Morgan fingerprint density at radius 1 is 0.765 bits per heavy atom. The van der Waals surface area contributed by atoms with Gasteiger partial charge in [-0.3, -0.25) is 4.72 Å². The van der Waals surface area contributed by atoms with Gasteiger partial charge in [-0.1, -0.05) is 17.7 Å². The molecular formula is C24H23ClN6O2S. The van der Waals surface area contributed by atoms with E-state index in [9.17, 15) is 8.42 Å². The van der Waals surface area contributed by atoms with Crippen molar-refractivity contribution in [1.82, 2.24) is 15.0 Å². The number of hydrogen-bond donors (Lipinski definition) is 3. The number of hydrogen-bond acceptors (Lipinski definition) is 7. The van der Waals surface area contributed by atoms with Gasteiger partial charge >= 0.3 is 0 Å². The van der Waals surface area contributed by atoms with E-state index in [4.69, 9.17) is 11.6 Å². The van der Waals surface area contributed by atoms with E-state index >= 15 is 0 Å². The fourth-order valence-corrected chi connectivity index (χ4v) is 4.84. The zero-order valence-corrected chi connectivity index (χ0v) is 20.4. The monoisotopic (exact) mass is 494 g/mol. The lowest BCUT2D eigenvalue weighted by atomic mass is 10.2. The molecule has 0 amide bonds. The van der Waals surface area contributed by atoms with Crippen molar-refractivity contribution in [3.05, 3.63) is 88.8 Å². The third-order valence-electron chi connectivity index (χ3n) is 4.86. The van der Waals surface area contributed by atoms with Crippen LogP contribution in [0.5, 0.6) is 0 Å². The van der Waals surface area contributed by atoms with Crippen LogP contribution >= 0.6 is 11.6 Å². The van der Waals surface area contributed by atoms with Gasteiger partial charge in [-0.2, -0.15) is 0 Å². The molecule has 0 radical (unpaired) electrons. The molecule has 0 aliphatic heterocycles. The second kappa shape index (κ2) is 9.66. The molecule has 0 fully saturated rings. The number of rotatable bonds is 7. The normalized spacial score (nSPS) is 11.2. The van der Waals surface area contributed by atoms with E-state index in [-0.39, 0.29) is 4.90 Å². The van der Waals surface area contributed by atoms with Gasteiger partial charge in [0.2, 0.25) is 0 Å². The minimum absolute atomic E-state index is 0.141. The van der Waals surface area contributed by atoms with Crippen LogP contribution in [0.15, 0.2) is 71.8 Å². The molecule has 0 saturated carbocycles. The predicted octanol–water partition coefficient (Wildman–Crippen LogP) is 5.74. The number of aryl methyl sites for hydroxylation is 3. The molecule has 2 aromatic carbocycles. The zero-order chi connectivity index (χ0) is 24.3. The summed E-state index contributed by atoms with van der Waals surface area (Å²) < 4.78 is 28.2. The summed E-state index contributed by atoms with van der Waals surface area (Å²) in [5.74, 6) is 2.47. The molecule has 4 aromatic rings. The fraction of sp³-hybridized carbons (Fsp3) is 0.125. The van der Waals surface area contributed by atoms with E-state index in [1.807, 2.05) is 19.1 Å². The highest BCUT2D eigenvalue weighted by Gasteiger charge is 2.17. The maximum Gasteiger partial charge on any atom is 0.262 e. The van der Waals surface area contributed by atoms with E-state index in [1.165, 1.54) is 6.07 Å². The van der Waals surface area contributed by atoms with Crippen LogP contribution in [-0.2, 0) is 10.0 Å². The molecular weight excluding hydrogens is 472 g/mol. The van der Waals surface area contributed by atoms with Crippen LogP contribution in [0, 0.1) is 20.8 Å². The first-order chi connectivity index (χ1) is 16.2. The van der Waals surface area contributed by atoms with E-state index in [0.717, 1.165) is 11.3 Å². The molecule has 0 aliphatic rings. The third kappa shape index (κ3) is 5.81. The largest absolute Gasteiger partial charge is 0.340 e. The number of pyridine rings is 1. The Bertz CT molecular complexity index is 1440. The molecule has 10 heteroatoms. The number of nitrogens with zero attached hydrogens (tertiary/aromatic N) is 3. The van der Waals surface area contributed by atoms with Crippen molar-refractivity contribution in [3.8, 4) is 0 Å². The summed E-state index contributed by atoms with van der Waals surface area (Å²) in [5, 5.41) is 6.76. The van der Waals surface area contributed by atoms with Gasteiger partial charge in [0, 0.05) is 28.7 Å².